The van der Waals surface area contributed by atoms with Crippen LogP contribution in [0.2, 0.25) is 0 Å². The van der Waals surface area contributed by atoms with Gasteiger partial charge in [0.15, 0.2) is 11.5 Å². The number of carbonyl (C=O) groups excluding carboxylic acids is 2. The second-order valence-electron chi connectivity index (χ2n) is 7.35. The molecule has 2 unspecified atom stereocenters. The number of nitrogens with one attached hydrogen (secondary N) is 1. The summed E-state index contributed by atoms with van der Waals surface area (Å²) in [5, 5.41) is 3.01. The van der Waals surface area contributed by atoms with E-state index in [2.05, 4.69) is 5.32 Å². The number of amides is 2. The fourth-order valence-electron chi connectivity index (χ4n) is 4.17. The average Bonchev–Trinajstić information content (AvgIpc) is 3.32. The Balaban J connectivity index is 1.46. The molecule has 1 fully saturated rings. The molecule has 2 aromatic rings. The minimum absolute atomic E-state index is 0.116. The van der Waals surface area contributed by atoms with Crippen LogP contribution in [0, 0.1) is 11.7 Å². The quantitative estimate of drug-likeness (QED) is 0.841. The lowest BCUT2D eigenvalue weighted by Crippen LogP contribution is -2.34. The number of hydrogen-bond donors (Lipinski definition) is 1. The maximum Gasteiger partial charge on any atom is 0.227 e. The SMILES string of the molecule is COc1ccc(N2CC(C(=O)NC3CCc4c(F)cccc43)CC2=O)cc1OC. The van der Waals surface area contributed by atoms with Crippen LogP contribution in [0.15, 0.2) is 36.4 Å². The third-order valence-electron chi connectivity index (χ3n) is 5.70. The lowest BCUT2D eigenvalue weighted by atomic mass is 10.0. The van der Waals surface area contributed by atoms with Crippen LogP contribution in [0.4, 0.5) is 10.1 Å². The van der Waals surface area contributed by atoms with Crippen LogP contribution in [0.1, 0.15) is 30.0 Å². The molecule has 29 heavy (non-hydrogen) atoms. The van der Waals surface area contributed by atoms with Gasteiger partial charge in [0.2, 0.25) is 11.8 Å². The largest absolute Gasteiger partial charge is 0.493 e. The predicted octanol–water partition coefficient (Wildman–Crippen LogP) is 3.00. The summed E-state index contributed by atoms with van der Waals surface area (Å²) in [6, 6.07) is 9.99. The Hall–Kier alpha value is -3.09. The second-order valence-corrected chi connectivity index (χ2v) is 7.35. The summed E-state index contributed by atoms with van der Waals surface area (Å²) < 4.78 is 24.5. The van der Waals surface area contributed by atoms with Gasteiger partial charge in [0.1, 0.15) is 5.82 Å². The number of anilines is 1. The van der Waals surface area contributed by atoms with Gasteiger partial charge < -0.3 is 19.7 Å². The van der Waals surface area contributed by atoms with Gasteiger partial charge in [0.25, 0.3) is 0 Å². The molecule has 0 spiro atoms. The van der Waals surface area contributed by atoms with Crippen LogP contribution in [0.25, 0.3) is 0 Å². The van der Waals surface area contributed by atoms with E-state index in [0.717, 1.165) is 5.56 Å². The van der Waals surface area contributed by atoms with Crippen LogP contribution in [-0.2, 0) is 16.0 Å². The molecule has 2 amide bonds. The zero-order valence-electron chi connectivity index (χ0n) is 16.4. The summed E-state index contributed by atoms with van der Waals surface area (Å²) in [6.07, 6.45) is 1.42. The highest BCUT2D eigenvalue weighted by molar-refractivity contribution is 6.00. The van der Waals surface area contributed by atoms with Crippen molar-refractivity contribution in [3.8, 4) is 11.5 Å². The summed E-state index contributed by atoms with van der Waals surface area (Å²) in [6.45, 7) is 0.295. The zero-order chi connectivity index (χ0) is 20.5. The molecule has 0 bridgehead atoms. The van der Waals surface area contributed by atoms with Crippen molar-refractivity contribution >= 4 is 17.5 Å². The van der Waals surface area contributed by atoms with Gasteiger partial charge >= 0.3 is 0 Å². The molecule has 1 N–H and O–H groups in total. The summed E-state index contributed by atoms with van der Waals surface area (Å²) in [5.74, 6) is 0.126. The topological polar surface area (TPSA) is 67.9 Å². The highest BCUT2D eigenvalue weighted by Crippen LogP contribution is 2.35. The first-order valence-electron chi connectivity index (χ1n) is 9.62. The average molecular weight is 398 g/mol. The molecule has 0 radical (unpaired) electrons. The Labute approximate surface area is 168 Å². The van der Waals surface area contributed by atoms with E-state index < -0.39 is 5.92 Å². The molecule has 1 saturated heterocycles. The van der Waals surface area contributed by atoms with E-state index in [0.29, 0.717) is 42.1 Å². The van der Waals surface area contributed by atoms with E-state index in [-0.39, 0.29) is 30.1 Å². The van der Waals surface area contributed by atoms with Crippen molar-refractivity contribution in [3.05, 3.63) is 53.3 Å². The number of fused-ring (bicyclic) bond motifs is 1. The first-order chi connectivity index (χ1) is 14.0. The van der Waals surface area contributed by atoms with Gasteiger partial charge in [-0.3, -0.25) is 9.59 Å². The molecule has 2 aromatic carbocycles. The molecule has 1 heterocycles. The number of carbonyl (C=O) groups is 2. The van der Waals surface area contributed by atoms with Gasteiger partial charge in [-0.2, -0.15) is 0 Å². The molecule has 152 valence electrons. The summed E-state index contributed by atoms with van der Waals surface area (Å²) in [5.41, 5.74) is 2.17. The Bertz CT molecular complexity index is 962. The second kappa shape index (κ2) is 7.73. The van der Waals surface area contributed by atoms with E-state index in [4.69, 9.17) is 9.47 Å². The molecule has 2 aliphatic rings. The van der Waals surface area contributed by atoms with Crippen LogP contribution in [0.5, 0.6) is 11.5 Å². The summed E-state index contributed by atoms with van der Waals surface area (Å²) in [7, 11) is 3.08. The van der Waals surface area contributed by atoms with Crippen molar-refractivity contribution in [2.24, 2.45) is 5.92 Å². The predicted molar refractivity (Wildman–Crippen MR) is 106 cm³/mol. The smallest absolute Gasteiger partial charge is 0.227 e. The monoisotopic (exact) mass is 398 g/mol. The lowest BCUT2D eigenvalue weighted by Gasteiger charge is -2.20. The van der Waals surface area contributed by atoms with Crippen molar-refractivity contribution in [1.82, 2.24) is 5.32 Å². The van der Waals surface area contributed by atoms with E-state index >= 15 is 0 Å². The van der Waals surface area contributed by atoms with E-state index in [1.165, 1.54) is 13.2 Å². The van der Waals surface area contributed by atoms with Gasteiger partial charge in [-0.05, 0) is 42.2 Å². The van der Waals surface area contributed by atoms with Gasteiger partial charge in [-0.1, -0.05) is 12.1 Å². The molecule has 6 nitrogen and oxygen atoms in total. The minimum atomic E-state index is -0.451. The van der Waals surface area contributed by atoms with Crippen molar-refractivity contribution in [3.63, 3.8) is 0 Å². The van der Waals surface area contributed by atoms with Crippen LogP contribution in [-0.4, -0.2) is 32.6 Å². The van der Waals surface area contributed by atoms with E-state index in [1.807, 2.05) is 6.07 Å². The van der Waals surface area contributed by atoms with E-state index in [1.54, 1.807) is 36.3 Å². The first kappa shape index (κ1) is 19.2. The number of ether oxygens (including phenoxy) is 2. The van der Waals surface area contributed by atoms with Gasteiger partial charge in [0, 0.05) is 24.7 Å². The molecule has 4 rings (SSSR count). The first-order valence-corrected chi connectivity index (χ1v) is 9.62. The standard InChI is InChI=1S/C22H23FN2O4/c1-28-19-9-6-14(11-20(19)29-2)25-12-13(10-21(25)26)22(27)24-18-8-7-15-16(18)4-3-5-17(15)23/h3-6,9,11,13,18H,7-8,10,12H2,1-2H3,(H,24,27). The number of hydrogen-bond acceptors (Lipinski definition) is 4. The van der Waals surface area contributed by atoms with Crippen LogP contribution in [0.3, 0.4) is 0 Å². The Morgan fingerprint density at radius 2 is 1.97 bits per heavy atom. The summed E-state index contributed by atoms with van der Waals surface area (Å²) >= 11 is 0. The highest BCUT2D eigenvalue weighted by Gasteiger charge is 2.37. The van der Waals surface area contributed by atoms with Crippen molar-refractivity contribution < 1.29 is 23.5 Å². The number of nitrogens with zero attached hydrogens (tertiary/aromatic N) is 1. The third kappa shape index (κ3) is 3.52. The lowest BCUT2D eigenvalue weighted by molar-refractivity contribution is -0.127. The fourth-order valence-corrected chi connectivity index (χ4v) is 4.17. The molecule has 0 saturated carbocycles. The Kier molecular flexibility index (Phi) is 5.13. The molecule has 0 aromatic heterocycles. The molecule has 1 aliphatic carbocycles. The molecule has 1 aliphatic heterocycles. The van der Waals surface area contributed by atoms with Crippen molar-refractivity contribution in [1.29, 1.82) is 0 Å². The maximum absolute atomic E-state index is 13.9. The normalized spacial score (nSPS) is 20.5. The number of benzene rings is 2. The van der Waals surface area contributed by atoms with E-state index in [9.17, 15) is 14.0 Å². The van der Waals surface area contributed by atoms with Gasteiger partial charge in [0.05, 0.1) is 26.2 Å². The molecular formula is C22H23FN2O4. The molecular weight excluding hydrogens is 375 g/mol. The van der Waals surface area contributed by atoms with Crippen LogP contribution < -0.4 is 19.7 Å². The third-order valence-corrected chi connectivity index (χ3v) is 5.70. The van der Waals surface area contributed by atoms with Gasteiger partial charge in [-0.15, -0.1) is 0 Å². The number of halogens is 1. The fraction of sp³-hybridized carbons (Fsp3) is 0.364. The Morgan fingerprint density at radius 1 is 1.17 bits per heavy atom. The molecule has 2 atom stereocenters. The minimum Gasteiger partial charge on any atom is -0.493 e. The highest BCUT2D eigenvalue weighted by atomic mass is 19.1. The number of rotatable bonds is 5. The Morgan fingerprint density at radius 3 is 2.72 bits per heavy atom. The summed E-state index contributed by atoms with van der Waals surface area (Å²) in [4.78, 5) is 27.0. The maximum atomic E-state index is 13.9. The van der Waals surface area contributed by atoms with Gasteiger partial charge in [-0.25, -0.2) is 4.39 Å². The zero-order valence-corrected chi connectivity index (χ0v) is 16.4. The van der Waals surface area contributed by atoms with Crippen molar-refractivity contribution in [2.45, 2.75) is 25.3 Å². The van der Waals surface area contributed by atoms with Crippen LogP contribution >= 0.6 is 0 Å². The number of methoxy groups -OCH3 is 2. The molecule has 7 heteroatoms. The van der Waals surface area contributed by atoms with Crippen molar-refractivity contribution in [2.75, 3.05) is 25.7 Å².